The topological polar surface area (TPSA) is 49.4 Å². The van der Waals surface area contributed by atoms with Crippen LogP contribution < -0.4 is 10.2 Å². The number of nitrogens with zero attached hydrogens (tertiary/aromatic N) is 1. The summed E-state index contributed by atoms with van der Waals surface area (Å²) in [6.45, 7) is 1.14. The fraction of sp³-hybridized carbons (Fsp3) is 0.263. The van der Waals surface area contributed by atoms with Gasteiger partial charge >= 0.3 is 0 Å². The molecule has 1 N–H and O–H groups in total. The second-order valence-corrected chi connectivity index (χ2v) is 5.86. The monoisotopic (exact) mass is 326 g/mol. The minimum Gasteiger partial charge on any atom is -0.352 e. The van der Waals surface area contributed by atoms with Crippen molar-refractivity contribution < 1.29 is 14.0 Å². The van der Waals surface area contributed by atoms with Gasteiger partial charge in [0.1, 0.15) is 5.82 Å². The summed E-state index contributed by atoms with van der Waals surface area (Å²) in [5.41, 5.74) is 2.21. The lowest BCUT2D eigenvalue weighted by Gasteiger charge is -2.16. The Kier molecular flexibility index (Phi) is 4.89. The van der Waals surface area contributed by atoms with E-state index in [-0.39, 0.29) is 24.1 Å². The highest BCUT2D eigenvalue weighted by Crippen LogP contribution is 2.21. The Morgan fingerprint density at radius 1 is 1.12 bits per heavy atom. The molecule has 1 aliphatic heterocycles. The number of anilines is 1. The number of benzene rings is 2. The molecule has 0 atom stereocenters. The number of nitrogens with one attached hydrogen (secondary N) is 1. The minimum absolute atomic E-state index is 0.0209. The van der Waals surface area contributed by atoms with E-state index in [9.17, 15) is 14.0 Å². The molecule has 1 aliphatic rings. The van der Waals surface area contributed by atoms with Crippen molar-refractivity contribution in [3.63, 3.8) is 0 Å². The van der Waals surface area contributed by atoms with E-state index in [0.717, 1.165) is 24.2 Å². The fourth-order valence-electron chi connectivity index (χ4n) is 2.79. The zero-order valence-electron chi connectivity index (χ0n) is 13.3. The predicted molar refractivity (Wildman–Crippen MR) is 90.0 cm³/mol. The maximum absolute atomic E-state index is 13.5. The molecular weight excluding hydrogens is 307 g/mol. The van der Waals surface area contributed by atoms with E-state index in [1.807, 2.05) is 24.3 Å². The van der Waals surface area contributed by atoms with Crippen molar-refractivity contribution in [2.75, 3.05) is 11.4 Å². The van der Waals surface area contributed by atoms with E-state index >= 15 is 0 Å². The molecule has 0 aromatic heterocycles. The molecule has 5 heteroatoms. The molecule has 0 spiro atoms. The molecule has 2 amide bonds. The fourth-order valence-corrected chi connectivity index (χ4v) is 2.79. The average molecular weight is 326 g/mol. The molecular formula is C19H19FN2O2. The summed E-state index contributed by atoms with van der Waals surface area (Å²) >= 11 is 0. The van der Waals surface area contributed by atoms with Gasteiger partial charge in [-0.3, -0.25) is 9.59 Å². The zero-order chi connectivity index (χ0) is 16.9. The smallest absolute Gasteiger partial charge is 0.227 e. The van der Waals surface area contributed by atoms with Crippen molar-refractivity contribution in [1.82, 2.24) is 5.32 Å². The number of amides is 2. The summed E-state index contributed by atoms with van der Waals surface area (Å²) in [5, 5.41) is 2.79. The second-order valence-electron chi connectivity index (χ2n) is 5.86. The van der Waals surface area contributed by atoms with Gasteiger partial charge in [-0.25, -0.2) is 4.39 Å². The number of halogens is 1. The van der Waals surface area contributed by atoms with Crippen LogP contribution in [0.15, 0.2) is 48.5 Å². The third-order valence-corrected chi connectivity index (χ3v) is 4.12. The Morgan fingerprint density at radius 3 is 2.54 bits per heavy atom. The van der Waals surface area contributed by atoms with Crippen LogP contribution in [0, 0.1) is 5.82 Å². The van der Waals surface area contributed by atoms with Gasteiger partial charge in [0.25, 0.3) is 0 Å². The van der Waals surface area contributed by atoms with Crippen LogP contribution in [0.1, 0.15) is 24.0 Å². The standard InChI is InChI=1S/C19H19FN2O2/c20-17-5-2-1-4-15(17)12-18(23)21-13-14-7-9-16(10-8-14)22-11-3-6-19(22)24/h1-2,4-5,7-10H,3,6,11-13H2,(H,21,23). The predicted octanol–water partition coefficient (Wildman–Crippen LogP) is 2.81. The van der Waals surface area contributed by atoms with Gasteiger partial charge in [0.05, 0.1) is 6.42 Å². The molecule has 24 heavy (non-hydrogen) atoms. The molecule has 2 aromatic carbocycles. The third-order valence-electron chi connectivity index (χ3n) is 4.12. The molecule has 1 saturated heterocycles. The van der Waals surface area contributed by atoms with Gasteiger partial charge in [-0.15, -0.1) is 0 Å². The normalized spacial score (nSPS) is 14.0. The van der Waals surface area contributed by atoms with E-state index in [2.05, 4.69) is 5.32 Å². The van der Waals surface area contributed by atoms with Gasteiger partial charge in [-0.1, -0.05) is 30.3 Å². The van der Waals surface area contributed by atoms with Crippen LogP contribution in [0.2, 0.25) is 0 Å². The van der Waals surface area contributed by atoms with Crippen LogP contribution in [-0.2, 0) is 22.6 Å². The van der Waals surface area contributed by atoms with Crippen molar-refractivity contribution in [3.05, 3.63) is 65.5 Å². The first kappa shape index (κ1) is 16.2. The lowest BCUT2D eigenvalue weighted by molar-refractivity contribution is -0.120. The van der Waals surface area contributed by atoms with Gasteiger partial charge in [-0.05, 0) is 35.7 Å². The molecule has 0 aliphatic carbocycles. The maximum Gasteiger partial charge on any atom is 0.227 e. The summed E-state index contributed by atoms with van der Waals surface area (Å²) in [7, 11) is 0. The first-order valence-electron chi connectivity index (χ1n) is 8.03. The van der Waals surface area contributed by atoms with E-state index in [1.54, 1.807) is 23.1 Å². The molecule has 0 bridgehead atoms. The first-order valence-corrected chi connectivity index (χ1v) is 8.03. The summed E-state index contributed by atoms with van der Waals surface area (Å²) in [5.74, 6) is -0.438. The Hall–Kier alpha value is -2.69. The summed E-state index contributed by atoms with van der Waals surface area (Å²) in [6.07, 6.45) is 1.52. The second kappa shape index (κ2) is 7.25. The summed E-state index contributed by atoms with van der Waals surface area (Å²) in [6, 6.07) is 13.8. The van der Waals surface area contributed by atoms with Gasteiger partial charge in [-0.2, -0.15) is 0 Å². The van der Waals surface area contributed by atoms with Crippen LogP contribution >= 0.6 is 0 Å². The number of carbonyl (C=O) groups excluding carboxylic acids is 2. The van der Waals surface area contributed by atoms with Crippen molar-refractivity contribution >= 4 is 17.5 Å². The van der Waals surface area contributed by atoms with Gasteiger partial charge < -0.3 is 10.2 Å². The summed E-state index contributed by atoms with van der Waals surface area (Å²) in [4.78, 5) is 25.4. The third kappa shape index (κ3) is 3.79. The molecule has 4 nitrogen and oxygen atoms in total. The highest BCUT2D eigenvalue weighted by Gasteiger charge is 2.21. The molecule has 0 saturated carbocycles. The highest BCUT2D eigenvalue weighted by atomic mass is 19.1. The van der Waals surface area contributed by atoms with Crippen LogP contribution in [0.4, 0.5) is 10.1 Å². The first-order chi connectivity index (χ1) is 11.6. The highest BCUT2D eigenvalue weighted by molar-refractivity contribution is 5.95. The minimum atomic E-state index is -0.368. The van der Waals surface area contributed by atoms with E-state index < -0.39 is 0 Å². The molecule has 2 aromatic rings. The summed E-state index contributed by atoms with van der Waals surface area (Å²) < 4.78 is 13.5. The largest absolute Gasteiger partial charge is 0.352 e. The molecule has 3 rings (SSSR count). The Balaban J connectivity index is 1.54. The van der Waals surface area contributed by atoms with Crippen LogP contribution in [0.25, 0.3) is 0 Å². The van der Waals surface area contributed by atoms with E-state index in [0.29, 0.717) is 18.5 Å². The van der Waals surface area contributed by atoms with Crippen molar-refractivity contribution in [1.29, 1.82) is 0 Å². The number of rotatable bonds is 5. The van der Waals surface area contributed by atoms with Gasteiger partial charge in [0.2, 0.25) is 11.8 Å². The van der Waals surface area contributed by atoms with E-state index in [4.69, 9.17) is 0 Å². The number of hydrogen-bond donors (Lipinski definition) is 1. The molecule has 1 heterocycles. The number of carbonyl (C=O) groups is 2. The number of hydrogen-bond acceptors (Lipinski definition) is 2. The lowest BCUT2D eigenvalue weighted by atomic mass is 10.1. The lowest BCUT2D eigenvalue weighted by Crippen LogP contribution is -2.25. The van der Waals surface area contributed by atoms with Crippen LogP contribution in [-0.4, -0.2) is 18.4 Å². The quantitative estimate of drug-likeness (QED) is 0.918. The van der Waals surface area contributed by atoms with Gasteiger partial charge in [0.15, 0.2) is 0 Å². The Labute approximate surface area is 140 Å². The van der Waals surface area contributed by atoms with E-state index in [1.165, 1.54) is 6.07 Å². The van der Waals surface area contributed by atoms with Crippen LogP contribution in [0.3, 0.4) is 0 Å². The Bertz CT molecular complexity index is 743. The van der Waals surface area contributed by atoms with Gasteiger partial charge in [0, 0.05) is 25.2 Å². The van der Waals surface area contributed by atoms with Crippen molar-refractivity contribution in [2.24, 2.45) is 0 Å². The average Bonchev–Trinajstić information content (AvgIpc) is 3.02. The Morgan fingerprint density at radius 2 is 1.88 bits per heavy atom. The van der Waals surface area contributed by atoms with Crippen molar-refractivity contribution in [3.8, 4) is 0 Å². The molecule has 0 unspecified atom stereocenters. The molecule has 1 fully saturated rings. The maximum atomic E-state index is 13.5. The van der Waals surface area contributed by atoms with Crippen molar-refractivity contribution in [2.45, 2.75) is 25.8 Å². The van der Waals surface area contributed by atoms with Crippen LogP contribution in [0.5, 0.6) is 0 Å². The molecule has 0 radical (unpaired) electrons. The zero-order valence-corrected chi connectivity index (χ0v) is 13.3. The molecule has 124 valence electrons. The SMILES string of the molecule is O=C(Cc1ccccc1F)NCc1ccc(N2CCCC2=O)cc1.